The molecule has 1 aliphatic heterocycles. The van der Waals surface area contributed by atoms with Gasteiger partial charge in [0, 0.05) is 11.4 Å². The van der Waals surface area contributed by atoms with Crippen molar-refractivity contribution in [2.24, 2.45) is 0 Å². The van der Waals surface area contributed by atoms with E-state index in [0.717, 1.165) is 17.5 Å². The third kappa shape index (κ3) is 4.91. The maximum atomic E-state index is 12.5. The molecular weight excluding hydrogens is 434 g/mol. The highest BCUT2D eigenvalue weighted by Gasteiger charge is 2.31. The number of rotatable bonds is 6. The fourth-order valence-electron chi connectivity index (χ4n) is 4.19. The van der Waals surface area contributed by atoms with Gasteiger partial charge in [0.25, 0.3) is 5.95 Å². The molecule has 33 heavy (non-hydrogen) atoms. The van der Waals surface area contributed by atoms with Crippen LogP contribution in [0.1, 0.15) is 41.6 Å². The Labute approximate surface area is 197 Å². The minimum Gasteiger partial charge on any atom is -0.347 e. The van der Waals surface area contributed by atoms with Gasteiger partial charge in [-0.2, -0.15) is 4.98 Å². The lowest BCUT2D eigenvalue weighted by molar-refractivity contribution is -0.116. The Morgan fingerprint density at radius 1 is 0.970 bits per heavy atom. The molecule has 0 saturated heterocycles. The second-order valence-corrected chi connectivity index (χ2v) is 8.58. The Hall–Kier alpha value is -3.64. The Balaban J connectivity index is 1.38. The molecule has 0 unspecified atom stereocenters. The van der Waals surface area contributed by atoms with Gasteiger partial charge in [-0.1, -0.05) is 84.4 Å². The molecule has 6 nitrogen and oxygen atoms in total. The summed E-state index contributed by atoms with van der Waals surface area (Å²) in [5, 5.41) is 11.7. The molecule has 4 aromatic rings. The van der Waals surface area contributed by atoms with Crippen LogP contribution in [-0.2, 0) is 11.2 Å². The molecule has 2 atom stereocenters. The van der Waals surface area contributed by atoms with E-state index in [1.54, 1.807) is 0 Å². The number of anilines is 2. The average Bonchev–Trinajstić information content (AvgIpc) is 3.26. The predicted molar refractivity (Wildman–Crippen MR) is 130 cm³/mol. The maximum Gasteiger partial charge on any atom is 0.250 e. The lowest BCUT2D eigenvalue weighted by Crippen LogP contribution is -2.28. The van der Waals surface area contributed by atoms with E-state index in [4.69, 9.17) is 11.6 Å². The van der Waals surface area contributed by atoms with Gasteiger partial charge in [0.05, 0.1) is 12.1 Å². The van der Waals surface area contributed by atoms with Gasteiger partial charge in [0.15, 0.2) is 0 Å². The molecule has 0 spiro atoms. The number of aromatic nitrogens is 3. The zero-order valence-electron chi connectivity index (χ0n) is 18.0. The Kier molecular flexibility index (Phi) is 6.09. The lowest BCUT2D eigenvalue weighted by atomic mass is 9.93. The predicted octanol–water partition coefficient (Wildman–Crippen LogP) is 5.65. The molecule has 1 aromatic heterocycles. The summed E-state index contributed by atoms with van der Waals surface area (Å²) in [5.74, 6) is 0.834. The van der Waals surface area contributed by atoms with Crippen LogP contribution in [0.25, 0.3) is 0 Å². The molecule has 7 heteroatoms. The van der Waals surface area contributed by atoms with Crippen LogP contribution in [-0.4, -0.2) is 20.7 Å². The van der Waals surface area contributed by atoms with Crippen molar-refractivity contribution < 1.29 is 4.79 Å². The van der Waals surface area contributed by atoms with Gasteiger partial charge in [-0.15, -0.1) is 5.10 Å². The van der Waals surface area contributed by atoms with Crippen molar-refractivity contribution in [3.63, 3.8) is 0 Å². The molecule has 0 bridgehead atoms. The fourth-order valence-corrected chi connectivity index (χ4v) is 4.31. The van der Waals surface area contributed by atoms with Crippen molar-refractivity contribution in [1.82, 2.24) is 14.8 Å². The molecule has 3 aromatic carbocycles. The van der Waals surface area contributed by atoms with E-state index in [0.29, 0.717) is 29.8 Å². The molecule has 0 fully saturated rings. The Morgan fingerprint density at radius 3 is 2.39 bits per heavy atom. The van der Waals surface area contributed by atoms with Gasteiger partial charge in [-0.25, -0.2) is 4.68 Å². The van der Waals surface area contributed by atoms with Gasteiger partial charge in [0.1, 0.15) is 0 Å². The number of halogens is 1. The number of aryl methyl sites for hydroxylation is 1. The summed E-state index contributed by atoms with van der Waals surface area (Å²) >= 11 is 6.12. The van der Waals surface area contributed by atoms with Crippen LogP contribution >= 0.6 is 11.6 Å². The van der Waals surface area contributed by atoms with E-state index >= 15 is 0 Å². The highest BCUT2D eigenvalue weighted by molar-refractivity contribution is 6.30. The maximum absolute atomic E-state index is 12.5. The largest absolute Gasteiger partial charge is 0.347 e. The van der Waals surface area contributed by atoms with Crippen LogP contribution in [0.4, 0.5) is 11.9 Å². The van der Waals surface area contributed by atoms with E-state index in [1.807, 2.05) is 77.5 Å². The third-order valence-electron chi connectivity index (χ3n) is 5.88. The normalized spacial score (nSPS) is 17.1. The van der Waals surface area contributed by atoms with Gasteiger partial charge < -0.3 is 5.32 Å². The van der Waals surface area contributed by atoms with E-state index < -0.39 is 0 Å². The monoisotopic (exact) mass is 457 g/mol. The van der Waals surface area contributed by atoms with Gasteiger partial charge in [-0.05, 0) is 41.7 Å². The molecular formula is C26H24ClN5O. The van der Waals surface area contributed by atoms with Crippen molar-refractivity contribution in [2.75, 3.05) is 10.6 Å². The quantitative estimate of drug-likeness (QED) is 0.392. The van der Waals surface area contributed by atoms with Crippen molar-refractivity contribution in [3.8, 4) is 0 Å². The summed E-state index contributed by atoms with van der Waals surface area (Å²) in [4.78, 5) is 17.1. The number of hydrogen-bond donors (Lipinski definition) is 2. The van der Waals surface area contributed by atoms with Crippen LogP contribution in [0.5, 0.6) is 0 Å². The number of carbonyl (C=O) groups excluding carboxylic acids is 1. The first-order valence-electron chi connectivity index (χ1n) is 11.0. The average molecular weight is 458 g/mol. The second kappa shape index (κ2) is 9.46. The summed E-state index contributed by atoms with van der Waals surface area (Å²) in [5.41, 5.74) is 3.40. The van der Waals surface area contributed by atoms with Crippen molar-refractivity contribution >= 4 is 29.4 Å². The van der Waals surface area contributed by atoms with Crippen LogP contribution in [0.2, 0.25) is 5.02 Å². The number of amides is 1. The minimum atomic E-state index is -0.107. The first kappa shape index (κ1) is 21.2. The number of carbonyl (C=O) groups is 1. The van der Waals surface area contributed by atoms with Gasteiger partial charge >= 0.3 is 0 Å². The number of nitrogens with zero attached hydrogens (tertiary/aromatic N) is 3. The van der Waals surface area contributed by atoms with E-state index in [1.165, 1.54) is 5.56 Å². The minimum absolute atomic E-state index is 0.0359. The van der Waals surface area contributed by atoms with Crippen LogP contribution in [0.3, 0.4) is 0 Å². The molecule has 1 amide bonds. The molecule has 2 N–H and O–H groups in total. The standard InChI is InChI=1S/C26H24ClN5O/c27-21-14-12-20(13-15-21)23-17-22(19-9-5-2-6-10-19)28-26-30-25(31-32(23)26)29-24(33)16-11-18-7-3-1-4-8-18/h1-10,12-15,22-23H,11,16-17H2,(H2,28,29,30,31,33)/t22-,23+/m0/s1. The summed E-state index contributed by atoms with van der Waals surface area (Å²) < 4.78 is 1.86. The van der Waals surface area contributed by atoms with Crippen molar-refractivity contribution in [1.29, 1.82) is 0 Å². The summed E-state index contributed by atoms with van der Waals surface area (Å²) in [6.07, 6.45) is 1.83. The van der Waals surface area contributed by atoms with E-state index in [2.05, 4.69) is 32.8 Å². The molecule has 2 heterocycles. The van der Waals surface area contributed by atoms with E-state index in [-0.39, 0.29) is 18.0 Å². The number of fused-ring (bicyclic) bond motifs is 1. The third-order valence-corrected chi connectivity index (χ3v) is 6.13. The van der Waals surface area contributed by atoms with Crippen molar-refractivity contribution in [2.45, 2.75) is 31.3 Å². The van der Waals surface area contributed by atoms with Crippen LogP contribution in [0, 0.1) is 0 Å². The molecule has 5 rings (SSSR count). The summed E-state index contributed by atoms with van der Waals surface area (Å²) in [7, 11) is 0. The lowest BCUT2D eigenvalue weighted by Gasteiger charge is -2.31. The Bertz CT molecular complexity index is 1220. The molecule has 0 saturated carbocycles. The smallest absolute Gasteiger partial charge is 0.250 e. The molecule has 1 aliphatic rings. The second-order valence-electron chi connectivity index (χ2n) is 8.15. The summed E-state index contributed by atoms with van der Waals surface area (Å²) in [6.45, 7) is 0. The SMILES string of the molecule is O=C(CCc1ccccc1)Nc1nc2n(n1)[C@@H](c1ccc(Cl)cc1)C[C@@H](c1ccccc1)N2. The molecule has 166 valence electrons. The van der Waals surface area contributed by atoms with Crippen molar-refractivity contribution in [3.05, 3.63) is 107 Å². The molecule has 0 aliphatic carbocycles. The highest BCUT2D eigenvalue weighted by atomic mass is 35.5. The van der Waals surface area contributed by atoms with Gasteiger partial charge in [-0.3, -0.25) is 10.1 Å². The first-order chi connectivity index (χ1) is 16.2. The number of hydrogen-bond acceptors (Lipinski definition) is 4. The van der Waals surface area contributed by atoms with Gasteiger partial charge in [0.2, 0.25) is 11.9 Å². The zero-order chi connectivity index (χ0) is 22.6. The van der Waals surface area contributed by atoms with Crippen LogP contribution < -0.4 is 10.6 Å². The molecule has 0 radical (unpaired) electrons. The zero-order valence-corrected chi connectivity index (χ0v) is 18.7. The Morgan fingerprint density at radius 2 is 1.67 bits per heavy atom. The topological polar surface area (TPSA) is 71.8 Å². The number of nitrogens with one attached hydrogen (secondary N) is 2. The van der Waals surface area contributed by atoms with E-state index in [9.17, 15) is 4.79 Å². The fraction of sp³-hybridized carbons (Fsp3) is 0.192. The first-order valence-corrected chi connectivity index (χ1v) is 11.4. The number of benzene rings is 3. The highest BCUT2D eigenvalue weighted by Crippen LogP contribution is 2.38. The summed E-state index contributed by atoms with van der Waals surface area (Å²) in [6, 6.07) is 28.1. The van der Waals surface area contributed by atoms with Crippen LogP contribution in [0.15, 0.2) is 84.9 Å².